The standard InChI is InChI=1S/C24H16F6N6O/c1-35-11-17(23(25,26)27)32-21(35)15-7-9-16(10-8-15)22-33-20(34-37-22)14-5-3-13(4-6-14)18-19(24(28,29)30)31-12-36(18)2/h3-12H,1-2H3. The van der Waals surface area contributed by atoms with Crippen LogP contribution in [0.4, 0.5) is 26.3 Å². The van der Waals surface area contributed by atoms with Gasteiger partial charge in [-0.25, -0.2) is 9.97 Å². The number of halogens is 6. The third-order valence-electron chi connectivity index (χ3n) is 5.60. The Morgan fingerprint density at radius 2 is 1.30 bits per heavy atom. The normalized spacial score (nSPS) is 12.3. The summed E-state index contributed by atoms with van der Waals surface area (Å²) in [7, 11) is 2.95. The second kappa shape index (κ2) is 8.61. The summed E-state index contributed by atoms with van der Waals surface area (Å²) in [6, 6.07) is 12.5. The molecule has 190 valence electrons. The summed E-state index contributed by atoms with van der Waals surface area (Å²) in [5, 5.41) is 3.93. The molecule has 5 rings (SSSR count). The van der Waals surface area contributed by atoms with Crippen LogP contribution in [0.25, 0.3) is 45.5 Å². The van der Waals surface area contributed by atoms with Crippen molar-refractivity contribution in [3.05, 3.63) is 72.4 Å². The Balaban J connectivity index is 1.38. The van der Waals surface area contributed by atoms with Gasteiger partial charge in [-0.2, -0.15) is 31.3 Å². The fourth-order valence-electron chi connectivity index (χ4n) is 3.85. The van der Waals surface area contributed by atoms with Gasteiger partial charge in [0, 0.05) is 42.5 Å². The molecule has 2 aromatic carbocycles. The molecule has 3 heterocycles. The summed E-state index contributed by atoms with van der Waals surface area (Å²) >= 11 is 0. The Kier molecular flexibility index (Phi) is 5.65. The van der Waals surface area contributed by atoms with Crippen molar-refractivity contribution >= 4 is 0 Å². The fraction of sp³-hybridized carbons (Fsp3) is 0.167. The molecule has 7 nitrogen and oxygen atoms in total. The van der Waals surface area contributed by atoms with Gasteiger partial charge in [-0.1, -0.05) is 41.6 Å². The third kappa shape index (κ3) is 4.59. The van der Waals surface area contributed by atoms with Crippen LogP contribution < -0.4 is 0 Å². The van der Waals surface area contributed by atoms with E-state index >= 15 is 0 Å². The Hall–Kier alpha value is -4.42. The van der Waals surface area contributed by atoms with Gasteiger partial charge in [0.05, 0.1) is 12.0 Å². The van der Waals surface area contributed by atoms with E-state index in [2.05, 4.69) is 20.1 Å². The molecule has 0 bridgehead atoms. The zero-order valence-corrected chi connectivity index (χ0v) is 19.1. The Morgan fingerprint density at radius 1 is 0.703 bits per heavy atom. The first kappa shape index (κ1) is 24.3. The molecular weight excluding hydrogens is 502 g/mol. The Bertz CT molecular complexity index is 1560. The molecule has 3 aromatic heterocycles. The molecule has 0 unspecified atom stereocenters. The van der Waals surface area contributed by atoms with Crippen LogP contribution in [0.1, 0.15) is 11.4 Å². The van der Waals surface area contributed by atoms with Crippen LogP contribution >= 0.6 is 0 Å². The van der Waals surface area contributed by atoms with Gasteiger partial charge in [0.2, 0.25) is 5.82 Å². The highest BCUT2D eigenvalue weighted by atomic mass is 19.4. The van der Waals surface area contributed by atoms with Gasteiger partial charge in [0.15, 0.2) is 11.4 Å². The zero-order valence-electron chi connectivity index (χ0n) is 19.1. The van der Waals surface area contributed by atoms with E-state index in [0.717, 1.165) is 12.5 Å². The van der Waals surface area contributed by atoms with E-state index in [9.17, 15) is 26.3 Å². The predicted octanol–water partition coefficient (Wildman–Crippen LogP) is 6.24. The molecule has 0 saturated carbocycles. The summed E-state index contributed by atoms with van der Waals surface area (Å²) in [6.07, 6.45) is -7.13. The SMILES string of the molecule is Cn1cc(C(F)(F)F)nc1-c1ccc(-c2nc(-c3ccc(-c4c(C(F)(F)F)ncn4C)cc3)no2)cc1. The summed E-state index contributed by atoms with van der Waals surface area (Å²) < 4.78 is 86.6. The lowest BCUT2D eigenvalue weighted by Crippen LogP contribution is -2.08. The van der Waals surface area contributed by atoms with Gasteiger partial charge in [-0.3, -0.25) is 0 Å². The van der Waals surface area contributed by atoms with Gasteiger partial charge in [-0.15, -0.1) is 0 Å². The van der Waals surface area contributed by atoms with Crippen LogP contribution in [0.2, 0.25) is 0 Å². The highest BCUT2D eigenvalue weighted by Gasteiger charge is 2.37. The minimum absolute atomic E-state index is 0.0667. The van der Waals surface area contributed by atoms with Gasteiger partial charge in [0.25, 0.3) is 5.89 Å². The van der Waals surface area contributed by atoms with Crippen LogP contribution in [0, 0.1) is 0 Å². The van der Waals surface area contributed by atoms with Crippen molar-refractivity contribution in [1.29, 1.82) is 0 Å². The van der Waals surface area contributed by atoms with Crippen molar-refractivity contribution < 1.29 is 30.9 Å². The first-order valence-corrected chi connectivity index (χ1v) is 10.7. The molecule has 0 atom stereocenters. The molecule has 5 aromatic rings. The number of imidazole rings is 2. The van der Waals surface area contributed by atoms with Crippen LogP contribution in [-0.2, 0) is 26.4 Å². The molecule has 0 N–H and O–H groups in total. The predicted molar refractivity (Wildman–Crippen MR) is 120 cm³/mol. The smallest absolute Gasteiger partial charge is 0.334 e. The van der Waals surface area contributed by atoms with E-state index in [1.165, 1.54) is 35.4 Å². The molecular formula is C24H16F6N6O. The van der Waals surface area contributed by atoms with Gasteiger partial charge < -0.3 is 13.7 Å². The number of aryl methyl sites for hydroxylation is 2. The summed E-state index contributed by atoms with van der Waals surface area (Å²) in [5.74, 6) is 0.519. The summed E-state index contributed by atoms with van der Waals surface area (Å²) in [6.45, 7) is 0. The van der Waals surface area contributed by atoms with E-state index in [0.29, 0.717) is 22.3 Å². The number of nitrogens with zero attached hydrogens (tertiary/aromatic N) is 6. The molecule has 0 spiro atoms. The maximum atomic E-state index is 13.3. The van der Waals surface area contributed by atoms with Crippen molar-refractivity contribution in [1.82, 2.24) is 29.2 Å². The number of hydrogen-bond donors (Lipinski definition) is 0. The van der Waals surface area contributed by atoms with E-state index in [1.54, 1.807) is 36.4 Å². The molecule has 13 heteroatoms. The van der Waals surface area contributed by atoms with Crippen LogP contribution in [0.15, 0.2) is 65.6 Å². The largest absolute Gasteiger partial charge is 0.435 e. The highest BCUT2D eigenvalue weighted by Crippen LogP contribution is 2.36. The van der Waals surface area contributed by atoms with Gasteiger partial charge in [0.1, 0.15) is 5.82 Å². The second-order valence-corrected chi connectivity index (χ2v) is 8.19. The highest BCUT2D eigenvalue weighted by molar-refractivity contribution is 5.69. The van der Waals surface area contributed by atoms with Crippen LogP contribution in [0.5, 0.6) is 0 Å². The average Bonchev–Trinajstić information content (AvgIpc) is 3.57. The van der Waals surface area contributed by atoms with E-state index < -0.39 is 23.7 Å². The second-order valence-electron chi connectivity index (χ2n) is 8.19. The van der Waals surface area contributed by atoms with Gasteiger partial charge >= 0.3 is 12.4 Å². The molecule has 0 amide bonds. The van der Waals surface area contributed by atoms with Gasteiger partial charge in [-0.05, 0) is 12.1 Å². The third-order valence-corrected chi connectivity index (χ3v) is 5.60. The summed E-state index contributed by atoms with van der Waals surface area (Å²) in [5.41, 5.74) is -0.215. The quantitative estimate of drug-likeness (QED) is 0.263. The van der Waals surface area contributed by atoms with Crippen LogP contribution in [-0.4, -0.2) is 29.2 Å². The molecule has 0 aliphatic heterocycles. The number of aromatic nitrogens is 6. The molecule has 0 saturated heterocycles. The first-order chi connectivity index (χ1) is 17.4. The van der Waals surface area contributed by atoms with Crippen LogP contribution in [0.3, 0.4) is 0 Å². The number of alkyl halides is 6. The molecule has 0 fully saturated rings. The topological polar surface area (TPSA) is 74.6 Å². The van der Waals surface area contributed by atoms with Crippen molar-refractivity contribution in [2.24, 2.45) is 14.1 Å². The Morgan fingerprint density at radius 3 is 1.89 bits per heavy atom. The molecule has 0 aliphatic carbocycles. The maximum absolute atomic E-state index is 13.3. The number of rotatable bonds is 4. The van der Waals surface area contributed by atoms with Crippen molar-refractivity contribution in [2.45, 2.75) is 12.4 Å². The lowest BCUT2D eigenvalue weighted by molar-refractivity contribution is -0.141. The number of benzene rings is 2. The maximum Gasteiger partial charge on any atom is 0.435 e. The first-order valence-electron chi connectivity index (χ1n) is 10.7. The molecule has 0 aliphatic rings. The Labute approximate surface area is 205 Å². The van der Waals surface area contributed by atoms with Crippen molar-refractivity contribution in [2.75, 3.05) is 0 Å². The number of hydrogen-bond acceptors (Lipinski definition) is 5. The monoisotopic (exact) mass is 518 g/mol. The van der Waals surface area contributed by atoms with E-state index in [-0.39, 0.29) is 23.2 Å². The lowest BCUT2D eigenvalue weighted by atomic mass is 10.1. The minimum Gasteiger partial charge on any atom is -0.334 e. The van der Waals surface area contributed by atoms with E-state index in [4.69, 9.17) is 4.52 Å². The zero-order chi connectivity index (χ0) is 26.5. The lowest BCUT2D eigenvalue weighted by Gasteiger charge is -2.09. The average molecular weight is 518 g/mol. The van der Waals surface area contributed by atoms with Crippen molar-refractivity contribution in [3.63, 3.8) is 0 Å². The minimum atomic E-state index is -4.59. The molecule has 0 radical (unpaired) electrons. The summed E-state index contributed by atoms with van der Waals surface area (Å²) in [4.78, 5) is 11.5. The van der Waals surface area contributed by atoms with Crippen molar-refractivity contribution in [3.8, 4) is 45.5 Å². The molecule has 37 heavy (non-hydrogen) atoms. The fourth-order valence-corrected chi connectivity index (χ4v) is 3.85. The van der Waals surface area contributed by atoms with E-state index in [1.807, 2.05) is 0 Å².